The van der Waals surface area contributed by atoms with E-state index in [4.69, 9.17) is 4.74 Å². The highest BCUT2D eigenvalue weighted by molar-refractivity contribution is 8.00. The normalized spacial score (nSPS) is 16.3. The Balaban J connectivity index is 1.87. The summed E-state index contributed by atoms with van der Waals surface area (Å²) in [5.74, 6) is -0.158. The largest absolute Gasteiger partial charge is 0.447 e. The molecule has 1 aliphatic heterocycles. The summed E-state index contributed by atoms with van der Waals surface area (Å²) in [4.78, 5) is 25.5. The Morgan fingerprint density at radius 3 is 2.68 bits per heavy atom. The van der Waals surface area contributed by atoms with E-state index in [2.05, 4.69) is 12.1 Å². The molecule has 1 saturated heterocycles. The second kappa shape index (κ2) is 6.10. The standard InChI is InChI=1S/C14H17NO3S/c1-10-3-5-12(6-4-10)19-11(2)9-13(16)15-7-8-18-14(15)17/h3-6,11H,7-9H2,1-2H3/t11-/m1/s1. The van der Waals surface area contributed by atoms with Crippen LogP contribution in [0.25, 0.3) is 0 Å². The van der Waals surface area contributed by atoms with Crippen molar-refractivity contribution in [1.82, 2.24) is 4.90 Å². The first kappa shape index (κ1) is 13.9. The van der Waals surface area contributed by atoms with Crippen LogP contribution in [0.4, 0.5) is 4.79 Å². The number of rotatable bonds is 4. The van der Waals surface area contributed by atoms with E-state index in [9.17, 15) is 9.59 Å². The van der Waals surface area contributed by atoms with Gasteiger partial charge in [-0.2, -0.15) is 0 Å². The first-order valence-corrected chi connectivity index (χ1v) is 7.14. The minimum absolute atomic E-state index is 0.128. The predicted molar refractivity (Wildman–Crippen MR) is 74.2 cm³/mol. The molecule has 0 N–H and O–H groups in total. The first-order chi connectivity index (χ1) is 9.06. The van der Waals surface area contributed by atoms with Gasteiger partial charge < -0.3 is 4.74 Å². The number of hydrogen-bond acceptors (Lipinski definition) is 4. The molecule has 19 heavy (non-hydrogen) atoms. The smallest absolute Gasteiger partial charge is 0.416 e. The van der Waals surface area contributed by atoms with E-state index in [0.717, 1.165) is 4.90 Å². The van der Waals surface area contributed by atoms with Crippen molar-refractivity contribution in [3.63, 3.8) is 0 Å². The molecule has 1 atom stereocenters. The molecule has 4 nitrogen and oxygen atoms in total. The van der Waals surface area contributed by atoms with Crippen molar-refractivity contribution in [3.8, 4) is 0 Å². The number of benzene rings is 1. The molecule has 1 heterocycles. The maximum Gasteiger partial charge on any atom is 0.416 e. The fraction of sp³-hybridized carbons (Fsp3) is 0.429. The molecule has 2 amide bonds. The Labute approximate surface area is 117 Å². The van der Waals surface area contributed by atoms with Crippen LogP contribution in [-0.4, -0.2) is 35.3 Å². The summed E-state index contributed by atoms with van der Waals surface area (Å²) in [7, 11) is 0. The van der Waals surface area contributed by atoms with Gasteiger partial charge in [0.05, 0.1) is 6.54 Å². The molecule has 1 aromatic rings. The summed E-state index contributed by atoms with van der Waals surface area (Å²) < 4.78 is 4.76. The molecule has 5 heteroatoms. The second-order valence-electron chi connectivity index (χ2n) is 4.61. The molecule has 1 aromatic carbocycles. The molecule has 0 spiro atoms. The molecule has 0 aliphatic carbocycles. The highest BCUT2D eigenvalue weighted by atomic mass is 32.2. The Bertz CT molecular complexity index is 472. The van der Waals surface area contributed by atoms with Gasteiger partial charge in [0.1, 0.15) is 6.61 Å². The summed E-state index contributed by atoms with van der Waals surface area (Å²) in [5.41, 5.74) is 1.22. The van der Waals surface area contributed by atoms with Gasteiger partial charge in [0.25, 0.3) is 0 Å². The average molecular weight is 279 g/mol. The minimum Gasteiger partial charge on any atom is -0.447 e. The fourth-order valence-electron chi connectivity index (χ4n) is 1.87. The lowest BCUT2D eigenvalue weighted by atomic mass is 10.2. The molecule has 0 aromatic heterocycles. The predicted octanol–water partition coefficient (Wildman–Crippen LogP) is 2.84. The minimum atomic E-state index is -0.516. The van der Waals surface area contributed by atoms with Crippen molar-refractivity contribution >= 4 is 23.8 Å². The van der Waals surface area contributed by atoms with Gasteiger partial charge in [-0.15, -0.1) is 11.8 Å². The zero-order chi connectivity index (χ0) is 13.8. The molecule has 0 bridgehead atoms. The van der Waals surface area contributed by atoms with Crippen molar-refractivity contribution in [2.75, 3.05) is 13.2 Å². The quantitative estimate of drug-likeness (QED) is 0.795. The highest BCUT2D eigenvalue weighted by Crippen LogP contribution is 2.26. The molecular formula is C14H17NO3S. The highest BCUT2D eigenvalue weighted by Gasteiger charge is 2.29. The number of cyclic esters (lactones) is 1. The lowest BCUT2D eigenvalue weighted by Gasteiger charge is -2.14. The Hall–Kier alpha value is -1.49. The van der Waals surface area contributed by atoms with Gasteiger partial charge in [0.15, 0.2) is 0 Å². The molecule has 0 unspecified atom stereocenters. The molecule has 2 rings (SSSR count). The van der Waals surface area contributed by atoms with Crippen LogP contribution >= 0.6 is 11.8 Å². The van der Waals surface area contributed by atoms with Gasteiger partial charge >= 0.3 is 6.09 Å². The summed E-state index contributed by atoms with van der Waals surface area (Å²) >= 11 is 1.64. The lowest BCUT2D eigenvalue weighted by Crippen LogP contribution is -2.33. The Morgan fingerprint density at radius 1 is 1.42 bits per heavy atom. The van der Waals surface area contributed by atoms with Crippen molar-refractivity contribution in [2.24, 2.45) is 0 Å². The molecule has 0 radical (unpaired) electrons. The number of imide groups is 1. The van der Waals surface area contributed by atoms with Crippen LogP contribution in [-0.2, 0) is 9.53 Å². The van der Waals surface area contributed by atoms with Crippen LogP contribution < -0.4 is 0 Å². The van der Waals surface area contributed by atoms with Crippen LogP contribution in [0.2, 0.25) is 0 Å². The summed E-state index contributed by atoms with van der Waals surface area (Å²) in [6, 6.07) is 8.19. The number of hydrogen-bond donors (Lipinski definition) is 0. The number of nitrogens with zero attached hydrogens (tertiary/aromatic N) is 1. The number of amides is 2. The second-order valence-corrected chi connectivity index (χ2v) is 6.12. The van der Waals surface area contributed by atoms with Gasteiger partial charge in [-0.25, -0.2) is 9.69 Å². The third-order valence-electron chi connectivity index (χ3n) is 2.88. The first-order valence-electron chi connectivity index (χ1n) is 6.26. The topological polar surface area (TPSA) is 46.6 Å². The Morgan fingerprint density at radius 2 is 2.11 bits per heavy atom. The van der Waals surface area contributed by atoms with Crippen molar-refractivity contribution in [2.45, 2.75) is 30.4 Å². The number of ether oxygens (including phenoxy) is 1. The molecule has 1 aliphatic rings. The number of carbonyl (C=O) groups is 2. The van der Waals surface area contributed by atoms with Crippen molar-refractivity contribution < 1.29 is 14.3 Å². The van der Waals surface area contributed by atoms with Crippen molar-refractivity contribution in [3.05, 3.63) is 29.8 Å². The van der Waals surface area contributed by atoms with Gasteiger partial charge in [0, 0.05) is 16.6 Å². The Kier molecular flexibility index (Phi) is 4.47. The van der Waals surface area contributed by atoms with E-state index in [1.54, 1.807) is 11.8 Å². The van der Waals surface area contributed by atoms with E-state index < -0.39 is 6.09 Å². The van der Waals surface area contributed by atoms with Gasteiger partial charge in [-0.05, 0) is 19.1 Å². The van der Waals surface area contributed by atoms with Crippen LogP contribution in [0.15, 0.2) is 29.2 Å². The molecule has 0 saturated carbocycles. The number of aryl methyl sites for hydroxylation is 1. The van der Waals surface area contributed by atoms with Crippen molar-refractivity contribution in [1.29, 1.82) is 0 Å². The molecule has 1 fully saturated rings. The number of thioether (sulfide) groups is 1. The van der Waals surface area contributed by atoms with E-state index in [-0.39, 0.29) is 11.2 Å². The van der Waals surface area contributed by atoms with Gasteiger partial charge in [-0.1, -0.05) is 24.6 Å². The summed E-state index contributed by atoms with van der Waals surface area (Å²) in [6.45, 7) is 4.72. The van der Waals surface area contributed by atoms with E-state index in [1.807, 2.05) is 26.0 Å². The zero-order valence-corrected chi connectivity index (χ0v) is 11.9. The molecular weight excluding hydrogens is 262 g/mol. The SMILES string of the molecule is Cc1ccc(S[C@H](C)CC(=O)N2CCOC2=O)cc1. The van der Waals surface area contributed by atoms with Gasteiger partial charge in [0.2, 0.25) is 5.91 Å². The van der Waals surface area contributed by atoms with Crippen LogP contribution in [0.5, 0.6) is 0 Å². The fourth-order valence-corrected chi connectivity index (χ4v) is 2.85. The van der Waals surface area contributed by atoms with Gasteiger partial charge in [-0.3, -0.25) is 4.79 Å². The maximum atomic E-state index is 11.9. The van der Waals surface area contributed by atoms with E-state index >= 15 is 0 Å². The summed E-state index contributed by atoms with van der Waals surface area (Å²) in [6.07, 6.45) is -0.175. The van der Waals surface area contributed by atoms with Crippen LogP contribution in [0.1, 0.15) is 18.9 Å². The summed E-state index contributed by atoms with van der Waals surface area (Å²) in [5, 5.41) is 0.128. The lowest BCUT2D eigenvalue weighted by molar-refractivity contribution is -0.127. The number of carbonyl (C=O) groups excluding carboxylic acids is 2. The third kappa shape index (κ3) is 3.73. The van der Waals surface area contributed by atoms with E-state index in [1.165, 1.54) is 10.5 Å². The zero-order valence-electron chi connectivity index (χ0n) is 11.1. The third-order valence-corrected chi connectivity index (χ3v) is 4.00. The average Bonchev–Trinajstić information content (AvgIpc) is 2.78. The van der Waals surface area contributed by atoms with Crippen LogP contribution in [0.3, 0.4) is 0 Å². The van der Waals surface area contributed by atoms with E-state index in [0.29, 0.717) is 19.6 Å². The molecule has 102 valence electrons. The van der Waals surface area contributed by atoms with Crippen LogP contribution in [0, 0.1) is 6.92 Å². The maximum absolute atomic E-state index is 11.9. The monoisotopic (exact) mass is 279 g/mol.